The molecule has 3 aromatic carbocycles. The Morgan fingerprint density at radius 3 is 2.50 bits per heavy atom. The third kappa shape index (κ3) is 2.95. The van der Waals surface area contributed by atoms with Crippen LogP contribution < -0.4 is 5.32 Å². The number of nitrogens with one attached hydrogen (secondary N) is 1. The van der Waals surface area contributed by atoms with Gasteiger partial charge in [0.2, 0.25) is 0 Å². The Labute approximate surface area is 129 Å². The van der Waals surface area contributed by atoms with Crippen LogP contribution in [0.5, 0.6) is 5.75 Å². The Hall–Kier alpha value is -2.39. The van der Waals surface area contributed by atoms with Crippen LogP contribution in [0.3, 0.4) is 0 Å². The summed E-state index contributed by atoms with van der Waals surface area (Å²) in [6.07, 6.45) is 0. The van der Waals surface area contributed by atoms with Crippen LogP contribution in [0, 0.1) is 5.82 Å². The van der Waals surface area contributed by atoms with Gasteiger partial charge in [0, 0.05) is 23.5 Å². The molecule has 0 saturated carbocycles. The topological polar surface area (TPSA) is 32.3 Å². The van der Waals surface area contributed by atoms with Crippen molar-refractivity contribution in [3.63, 3.8) is 0 Å². The van der Waals surface area contributed by atoms with Crippen molar-refractivity contribution in [2.24, 2.45) is 0 Å². The molecule has 2 nitrogen and oxygen atoms in total. The molecule has 1 atom stereocenters. The number of rotatable bonds is 4. The lowest BCUT2D eigenvalue weighted by atomic mass is 10.0. The Bertz CT molecular complexity index is 783. The van der Waals surface area contributed by atoms with Gasteiger partial charge in [-0.15, -0.1) is 0 Å². The highest BCUT2D eigenvalue weighted by atomic mass is 19.1. The fraction of sp³-hybridized carbons (Fsp3) is 0.158. The van der Waals surface area contributed by atoms with Crippen molar-refractivity contribution in [2.75, 3.05) is 0 Å². The van der Waals surface area contributed by atoms with E-state index in [1.54, 1.807) is 12.1 Å². The number of benzene rings is 3. The fourth-order valence-corrected chi connectivity index (χ4v) is 2.60. The van der Waals surface area contributed by atoms with Gasteiger partial charge >= 0.3 is 0 Å². The maximum Gasteiger partial charge on any atom is 0.128 e. The molecular formula is C19H18FNO. The third-order valence-corrected chi connectivity index (χ3v) is 3.92. The molecule has 0 aliphatic heterocycles. The first-order valence-corrected chi connectivity index (χ1v) is 7.33. The molecule has 3 rings (SSSR count). The lowest BCUT2D eigenvalue weighted by Gasteiger charge is -2.17. The van der Waals surface area contributed by atoms with E-state index in [-0.39, 0.29) is 11.9 Å². The highest BCUT2D eigenvalue weighted by Crippen LogP contribution is 2.32. The van der Waals surface area contributed by atoms with Gasteiger partial charge in [-0.3, -0.25) is 0 Å². The van der Waals surface area contributed by atoms with Crippen LogP contribution in [-0.4, -0.2) is 5.11 Å². The molecule has 22 heavy (non-hydrogen) atoms. The second-order valence-corrected chi connectivity index (χ2v) is 5.45. The van der Waals surface area contributed by atoms with Crippen LogP contribution in [0.25, 0.3) is 10.8 Å². The maximum absolute atomic E-state index is 12.9. The zero-order valence-electron chi connectivity index (χ0n) is 12.4. The molecule has 3 heteroatoms. The summed E-state index contributed by atoms with van der Waals surface area (Å²) in [6.45, 7) is 2.63. The molecule has 0 radical (unpaired) electrons. The lowest BCUT2D eigenvalue weighted by molar-refractivity contribution is 0.458. The summed E-state index contributed by atoms with van der Waals surface area (Å²) in [7, 11) is 0. The molecular weight excluding hydrogens is 277 g/mol. The molecule has 0 aliphatic carbocycles. The molecule has 3 aromatic rings. The molecule has 0 fully saturated rings. The lowest BCUT2D eigenvalue weighted by Crippen LogP contribution is -2.18. The van der Waals surface area contributed by atoms with Crippen molar-refractivity contribution in [3.8, 4) is 5.75 Å². The van der Waals surface area contributed by atoms with E-state index in [1.165, 1.54) is 12.1 Å². The minimum Gasteiger partial charge on any atom is -0.507 e. The first-order chi connectivity index (χ1) is 10.6. The number of phenolic OH excluding ortho intramolecular Hbond substituents is 1. The Morgan fingerprint density at radius 2 is 1.73 bits per heavy atom. The van der Waals surface area contributed by atoms with Crippen LogP contribution in [0.4, 0.5) is 4.39 Å². The van der Waals surface area contributed by atoms with Crippen LogP contribution in [0.2, 0.25) is 0 Å². The second-order valence-electron chi connectivity index (χ2n) is 5.45. The zero-order valence-corrected chi connectivity index (χ0v) is 12.4. The summed E-state index contributed by atoms with van der Waals surface area (Å²) in [4.78, 5) is 0. The highest BCUT2D eigenvalue weighted by molar-refractivity contribution is 5.89. The highest BCUT2D eigenvalue weighted by Gasteiger charge is 2.12. The van der Waals surface area contributed by atoms with Crippen molar-refractivity contribution >= 4 is 10.8 Å². The van der Waals surface area contributed by atoms with Crippen molar-refractivity contribution in [1.82, 2.24) is 5.32 Å². The van der Waals surface area contributed by atoms with Gasteiger partial charge in [0.25, 0.3) is 0 Å². The number of phenols is 1. The van der Waals surface area contributed by atoms with Gasteiger partial charge in [-0.1, -0.05) is 48.5 Å². The van der Waals surface area contributed by atoms with E-state index >= 15 is 0 Å². The summed E-state index contributed by atoms with van der Waals surface area (Å²) in [5.74, 6) is 0.0844. The summed E-state index contributed by atoms with van der Waals surface area (Å²) in [5, 5.41) is 15.7. The number of hydrogen-bond acceptors (Lipinski definition) is 2. The van der Waals surface area contributed by atoms with E-state index in [0.29, 0.717) is 12.3 Å². The minimum atomic E-state index is -0.232. The quantitative estimate of drug-likeness (QED) is 0.741. The van der Waals surface area contributed by atoms with E-state index in [1.807, 2.05) is 43.3 Å². The predicted octanol–water partition coefficient (Wildman–Crippen LogP) is 4.54. The van der Waals surface area contributed by atoms with Crippen molar-refractivity contribution in [3.05, 3.63) is 77.6 Å². The van der Waals surface area contributed by atoms with Gasteiger partial charge in [-0.2, -0.15) is 0 Å². The van der Waals surface area contributed by atoms with E-state index < -0.39 is 0 Å². The summed E-state index contributed by atoms with van der Waals surface area (Å²) >= 11 is 0. The largest absolute Gasteiger partial charge is 0.507 e. The first kappa shape index (κ1) is 14.5. The molecule has 0 aliphatic rings. The monoisotopic (exact) mass is 295 g/mol. The molecule has 0 saturated heterocycles. The van der Waals surface area contributed by atoms with Gasteiger partial charge in [0.15, 0.2) is 0 Å². The fourth-order valence-electron chi connectivity index (χ4n) is 2.60. The molecule has 112 valence electrons. The normalized spacial score (nSPS) is 12.5. The average Bonchev–Trinajstić information content (AvgIpc) is 2.55. The van der Waals surface area contributed by atoms with Crippen LogP contribution in [0.15, 0.2) is 60.7 Å². The van der Waals surface area contributed by atoms with Gasteiger partial charge in [0.1, 0.15) is 11.6 Å². The number of halogens is 1. The standard InChI is InChI=1S/C19H18FNO/c1-13(21-12-14-6-9-16(20)10-7-14)17-11-8-15-4-2-3-5-18(15)19(17)22/h2-11,13,21-22H,12H2,1H3. The van der Waals surface area contributed by atoms with Crippen LogP contribution >= 0.6 is 0 Å². The third-order valence-electron chi connectivity index (χ3n) is 3.92. The number of aromatic hydroxyl groups is 1. The Balaban J connectivity index is 1.78. The molecule has 2 N–H and O–H groups in total. The summed E-state index contributed by atoms with van der Waals surface area (Å²) in [6, 6.07) is 18.2. The minimum absolute atomic E-state index is 0.00495. The maximum atomic E-state index is 12.9. The van der Waals surface area contributed by atoms with Crippen molar-refractivity contribution in [1.29, 1.82) is 0 Å². The van der Waals surface area contributed by atoms with Gasteiger partial charge in [-0.05, 0) is 30.0 Å². The van der Waals surface area contributed by atoms with Crippen molar-refractivity contribution in [2.45, 2.75) is 19.5 Å². The number of hydrogen-bond donors (Lipinski definition) is 2. The van der Waals surface area contributed by atoms with E-state index in [9.17, 15) is 9.50 Å². The molecule has 1 unspecified atom stereocenters. The van der Waals surface area contributed by atoms with Crippen LogP contribution in [-0.2, 0) is 6.54 Å². The smallest absolute Gasteiger partial charge is 0.128 e. The summed E-state index contributed by atoms with van der Waals surface area (Å²) in [5.41, 5.74) is 1.87. The average molecular weight is 295 g/mol. The molecule has 0 heterocycles. The first-order valence-electron chi connectivity index (χ1n) is 7.33. The Morgan fingerprint density at radius 1 is 1.00 bits per heavy atom. The van der Waals surface area contributed by atoms with Crippen LogP contribution in [0.1, 0.15) is 24.1 Å². The zero-order chi connectivity index (χ0) is 15.5. The Kier molecular flexibility index (Phi) is 4.07. The number of fused-ring (bicyclic) bond motifs is 1. The van der Waals surface area contributed by atoms with E-state index in [0.717, 1.165) is 21.9 Å². The van der Waals surface area contributed by atoms with Gasteiger partial charge < -0.3 is 10.4 Å². The van der Waals surface area contributed by atoms with E-state index in [2.05, 4.69) is 5.32 Å². The molecule has 0 aromatic heterocycles. The molecule has 0 bridgehead atoms. The van der Waals surface area contributed by atoms with E-state index in [4.69, 9.17) is 0 Å². The molecule has 0 spiro atoms. The second kappa shape index (κ2) is 6.16. The SMILES string of the molecule is CC(NCc1ccc(F)cc1)c1ccc2ccccc2c1O. The predicted molar refractivity (Wildman–Crippen MR) is 87.3 cm³/mol. The summed E-state index contributed by atoms with van der Waals surface area (Å²) < 4.78 is 12.9. The van der Waals surface area contributed by atoms with Gasteiger partial charge in [0.05, 0.1) is 0 Å². The van der Waals surface area contributed by atoms with Gasteiger partial charge in [-0.25, -0.2) is 4.39 Å². The molecule has 0 amide bonds. The van der Waals surface area contributed by atoms with Crippen molar-refractivity contribution < 1.29 is 9.50 Å².